The molecule has 22 heavy (non-hydrogen) atoms. The van der Waals surface area contributed by atoms with Crippen LogP contribution in [0.2, 0.25) is 0 Å². The van der Waals surface area contributed by atoms with Crippen molar-refractivity contribution < 1.29 is 9.53 Å². The van der Waals surface area contributed by atoms with Gasteiger partial charge < -0.3 is 9.64 Å². The summed E-state index contributed by atoms with van der Waals surface area (Å²) in [5, 5.41) is 0. The summed E-state index contributed by atoms with van der Waals surface area (Å²) in [6.07, 6.45) is 0.423. The zero-order valence-corrected chi connectivity index (χ0v) is 13.9. The van der Waals surface area contributed by atoms with Crippen LogP contribution in [0.3, 0.4) is 0 Å². The van der Waals surface area contributed by atoms with E-state index in [-0.39, 0.29) is 5.91 Å². The van der Waals surface area contributed by atoms with E-state index in [1.54, 1.807) is 19.0 Å². The molecule has 0 N–H and O–H groups in total. The molecule has 0 spiro atoms. The van der Waals surface area contributed by atoms with Crippen LogP contribution in [-0.4, -0.2) is 24.9 Å². The number of amides is 1. The van der Waals surface area contributed by atoms with E-state index < -0.39 is 0 Å². The first kappa shape index (κ1) is 17.8. The summed E-state index contributed by atoms with van der Waals surface area (Å²) in [5.74, 6) is 0.915. The Morgan fingerprint density at radius 1 is 0.909 bits per heavy atom. The van der Waals surface area contributed by atoms with Crippen LogP contribution in [-0.2, 0) is 17.8 Å². The molecule has 0 fully saturated rings. The molecular formula is C19H25NO2. The van der Waals surface area contributed by atoms with Crippen LogP contribution in [0.15, 0.2) is 54.6 Å². The van der Waals surface area contributed by atoms with Crippen molar-refractivity contribution in [2.75, 3.05) is 14.1 Å². The average Bonchev–Trinajstić information content (AvgIpc) is 2.57. The SMILES string of the molecule is CC.CN(C)C(=O)Cc1ccc(OCc2ccccc2)cc1. The van der Waals surface area contributed by atoms with Crippen molar-refractivity contribution in [1.29, 1.82) is 0 Å². The Kier molecular flexibility index (Phi) is 7.76. The quantitative estimate of drug-likeness (QED) is 0.837. The predicted octanol–water partition coefficient (Wildman–Crippen LogP) is 3.92. The lowest BCUT2D eigenvalue weighted by Gasteiger charge is -2.10. The maximum absolute atomic E-state index is 11.6. The van der Waals surface area contributed by atoms with Gasteiger partial charge in [-0.1, -0.05) is 56.3 Å². The summed E-state index contributed by atoms with van der Waals surface area (Å²) in [6, 6.07) is 17.7. The second-order valence-electron chi connectivity index (χ2n) is 4.88. The highest BCUT2D eigenvalue weighted by molar-refractivity contribution is 5.78. The van der Waals surface area contributed by atoms with Gasteiger partial charge in [-0.3, -0.25) is 4.79 Å². The van der Waals surface area contributed by atoms with Gasteiger partial charge in [0.05, 0.1) is 6.42 Å². The maximum atomic E-state index is 11.6. The molecule has 0 bridgehead atoms. The Hall–Kier alpha value is -2.29. The van der Waals surface area contributed by atoms with Crippen molar-refractivity contribution in [3.05, 3.63) is 65.7 Å². The molecule has 2 aromatic rings. The van der Waals surface area contributed by atoms with Crippen LogP contribution >= 0.6 is 0 Å². The van der Waals surface area contributed by atoms with Crippen LogP contribution in [0, 0.1) is 0 Å². The minimum absolute atomic E-state index is 0.1000. The van der Waals surface area contributed by atoms with Crippen molar-refractivity contribution in [2.24, 2.45) is 0 Å². The number of benzene rings is 2. The van der Waals surface area contributed by atoms with Gasteiger partial charge in [0.15, 0.2) is 0 Å². The van der Waals surface area contributed by atoms with Crippen LogP contribution in [0.1, 0.15) is 25.0 Å². The lowest BCUT2D eigenvalue weighted by Crippen LogP contribution is -2.23. The lowest BCUT2D eigenvalue weighted by atomic mass is 10.1. The highest BCUT2D eigenvalue weighted by Crippen LogP contribution is 2.14. The summed E-state index contributed by atoms with van der Waals surface area (Å²) < 4.78 is 5.70. The van der Waals surface area contributed by atoms with Gasteiger partial charge in [-0.05, 0) is 23.3 Å². The van der Waals surface area contributed by atoms with E-state index in [9.17, 15) is 4.79 Å². The Morgan fingerprint density at radius 2 is 1.50 bits per heavy atom. The number of ether oxygens (including phenoxy) is 1. The van der Waals surface area contributed by atoms with Crippen molar-refractivity contribution in [1.82, 2.24) is 4.90 Å². The fraction of sp³-hybridized carbons (Fsp3) is 0.316. The number of hydrogen-bond acceptors (Lipinski definition) is 2. The summed E-state index contributed by atoms with van der Waals surface area (Å²) in [6.45, 7) is 4.55. The van der Waals surface area contributed by atoms with E-state index in [1.807, 2.05) is 68.4 Å². The third kappa shape index (κ3) is 6.00. The second-order valence-corrected chi connectivity index (χ2v) is 4.88. The number of nitrogens with zero attached hydrogens (tertiary/aromatic N) is 1. The molecule has 3 heteroatoms. The maximum Gasteiger partial charge on any atom is 0.226 e. The van der Waals surface area contributed by atoms with Gasteiger partial charge in [0, 0.05) is 14.1 Å². The fourth-order valence-electron chi connectivity index (χ4n) is 1.78. The third-order valence-corrected chi connectivity index (χ3v) is 3.03. The molecular weight excluding hydrogens is 274 g/mol. The number of hydrogen-bond donors (Lipinski definition) is 0. The number of carbonyl (C=O) groups is 1. The molecule has 0 saturated carbocycles. The topological polar surface area (TPSA) is 29.5 Å². The molecule has 0 heterocycles. The van der Waals surface area contributed by atoms with E-state index in [0.29, 0.717) is 13.0 Å². The Labute approximate surface area is 133 Å². The van der Waals surface area contributed by atoms with Crippen LogP contribution < -0.4 is 4.74 Å². The minimum Gasteiger partial charge on any atom is -0.489 e. The van der Waals surface area contributed by atoms with Crippen LogP contribution in [0.4, 0.5) is 0 Å². The summed E-state index contributed by atoms with van der Waals surface area (Å²) in [7, 11) is 3.53. The van der Waals surface area contributed by atoms with Gasteiger partial charge in [-0.15, -0.1) is 0 Å². The van der Waals surface area contributed by atoms with E-state index >= 15 is 0 Å². The molecule has 0 aromatic heterocycles. The monoisotopic (exact) mass is 299 g/mol. The van der Waals surface area contributed by atoms with Crippen LogP contribution in [0.5, 0.6) is 5.75 Å². The first-order valence-electron chi connectivity index (χ1n) is 7.61. The summed E-state index contributed by atoms with van der Waals surface area (Å²) >= 11 is 0. The van der Waals surface area contributed by atoms with E-state index in [0.717, 1.165) is 16.9 Å². The average molecular weight is 299 g/mol. The van der Waals surface area contributed by atoms with Crippen molar-refractivity contribution >= 4 is 5.91 Å². The smallest absolute Gasteiger partial charge is 0.226 e. The van der Waals surface area contributed by atoms with Gasteiger partial charge in [-0.2, -0.15) is 0 Å². The molecule has 0 aliphatic carbocycles. The highest BCUT2D eigenvalue weighted by Gasteiger charge is 2.05. The lowest BCUT2D eigenvalue weighted by molar-refractivity contribution is -0.127. The zero-order valence-electron chi connectivity index (χ0n) is 13.9. The second kappa shape index (κ2) is 9.61. The Morgan fingerprint density at radius 3 is 2.05 bits per heavy atom. The standard InChI is InChI=1S/C17H19NO2.C2H6/c1-18(2)17(19)12-14-8-10-16(11-9-14)20-13-15-6-4-3-5-7-15;1-2/h3-11H,12-13H2,1-2H3;1-2H3. The van der Waals surface area contributed by atoms with Crippen molar-refractivity contribution in [3.8, 4) is 5.75 Å². The molecule has 2 aromatic carbocycles. The van der Waals surface area contributed by atoms with E-state index in [1.165, 1.54) is 0 Å². The highest BCUT2D eigenvalue weighted by atomic mass is 16.5. The van der Waals surface area contributed by atoms with Crippen LogP contribution in [0.25, 0.3) is 0 Å². The van der Waals surface area contributed by atoms with Gasteiger partial charge in [0.1, 0.15) is 12.4 Å². The summed E-state index contributed by atoms with van der Waals surface area (Å²) in [5.41, 5.74) is 2.13. The molecule has 2 rings (SSSR count). The first-order valence-corrected chi connectivity index (χ1v) is 7.61. The zero-order chi connectivity index (χ0) is 16.4. The fourth-order valence-corrected chi connectivity index (χ4v) is 1.78. The van der Waals surface area contributed by atoms with Crippen molar-refractivity contribution in [3.63, 3.8) is 0 Å². The molecule has 0 aliphatic heterocycles. The molecule has 3 nitrogen and oxygen atoms in total. The van der Waals surface area contributed by atoms with E-state index in [2.05, 4.69) is 0 Å². The van der Waals surface area contributed by atoms with E-state index in [4.69, 9.17) is 4.74 Å². The van der Waals surface area contributed by atoms with Gasteiger partial charge >= 0.3 is 0 Å². The normalized spacial score (nSPS) is 9.45. The van der Waals surface area contributed by atoms with Crippen molar-refractivity contribution in [2.45, 2.75) is 26.9 Å². The first-order chi connectivity index (χ1) is 10.6. The Bertz CT molecular complexity index is 547. The number of likely N-dealkylation sites (N-methyl/N-ethyl adjacent to an activating group) is 1. The minimum atomic E-state index is 0.1000. The predicted molar refractivity (Wildman–Crippen MR) is 91.0 cm³/mol. The molecule has 0 aliphatic rings. The number of carbonyl (C=O) groups excluding carboxylic acids is 1. The molecule has 1 amide bonds. The molecule has 0 atom stereocenters. The van der Waals surface area contributed by atoms with Gasteiger partial charge in [-0.25, -0.2) is 0 Å². The van der Waals surface area contributed by atoms with Gasteiger partial charge in [0.2, 0.25) is 5.91 Å². The summed E-state index contributed by atoms with van der Waals surface area (Å²) in [4.78, 5) is 13.2. The number of rotatable bonds is 5. The van der Waals surface area contributed by atoms with Gasteiger partial charge in [0.25, 0.3) is 0 Å². The molecule has 118 valence electrons. The molecule has 0 unspecified atom stereocenters. The molecule has 0 radical (unpaired) electrons. The largest absolute Gasteiger partial charge is 0.489 e. The molecule has 0 saturated heterocycles. The third-order valence-electron chi connectivity index (χ3n) is 3.03. The Balaban J connectivity index is 0.00000116.